The molecule has 0 spiro atoms. The lowest BCUT2D eigenvalue weighted by molar-refractivity contribution is -0.137. The second-order valence-corrected chi connectivity index (χ2v) is 15.1. The molecule has 0 aliphatic carbocycles. The summed E-state index contributed by atoms with van der Waals surface area (Å²) < 4.78 is 47.4. The molecular formula is C38H41ClF3N7O5S. The van der Waals surface area contributed by atoms with Crippen LogP contribution in [0.3, 0.4) is 0 Å². The van der Waals surface area contributed by atoms with Crippen molar-refractivity contribution in [1.29, 1.82) is 0 Å². The fourth-order valence-electron chi connectivity index (χ4n) is 7.03. The van der Waals surface area contributed by atoms with Crippen molar-refractivity contribution >= 4 is 81.0 Å². The first-order valence-corrected chi connectivity index (χ1v) is 18.6. The molecule has 0 aromatic heterocycles. The maximum absolute atomic E-state index is 13.7. The highest BCUT2D eigenvalue weighted by atomic mass is 35.5. The third-order valence-corrected chi connectivity index (χ3v) is 10.5. The number of amides is 4. The predicted molar refractivity (Wildman–Crippen MR) is 208 cm³/mol. The van der Waals surface area contributed by atoms with Crippen LogP contribution in [-0.4, -0.2) is 71.0 Å². The number of ether oxygens (including phenoxy) is 1. The van der Waals surface area contributed by atoms with Gasteiger partial charge in [0.25, 0.3) is 5.91 Å². The van der Waals surface area contributed by atoms with Gasteiger partial charge < -0.3 is 26.0 Å². The lowest BCUT2D eigenvalue weighted by Crippen LogP contribution is -2.47. The lowest BCUT2D eigenvalue weighted by Gasteiger charge is -2.33. The number of likely N-dealkylation sites (tertiary alicyclic amines) is 1. The minimum Gasteiger partial charge on any atom is -0.490 e. The first-order chi connectivity index (χ1) is 25.9. The molecule has 292 valence electrons. The van der Waals surface area contributed by atoms with E-state index < -0.39 is 40.8 Å². The summed E-state index contributed by atoms with van der Waals surface area (Å²) in [5.41, 5.74) is 5.35. The molecule has 12 nitrogen and oxygen atoms in total. The van der Waals surface area contributed by atoms with Gasteiger partial charge in [-0.3, -0.25) is 34.3 Å². The van der Waals surface area contributed by atoms with Gasteiger partial charge in [0.1, 0.15) is 23.4 Å². The van der Waals surface area contributed by atoms with E-state index in [1.54, 1.807) is 43.0 Å². The van der Waals surface area contributed by atoms with Gasteiger partial charge in [-0.25, -0.2) is 0 Å². The van der Waals surface area contributed by atoms with Crippen LogP contribution in [-0.2, 0) is 31.8 Å². The number of hydrogen-bond acceptors (Lipinski definition) is 9. The minimum absolute atomic E-state index is 0.0236. The Morgan fingerprint density at radius 1 is 1.02 bits per heavy atom. The normalized spacial score (nSPS) is 19.4. The molecule has 4 amide bonds. The molecular weight excluding hydrogens is 759 g/mol. The van der Waals surface area contributed by atoms with Crippen molar-refractivity contribution in [2.24, 2.45) is 0 Å². The maximum Gasteiger partial charge on any atom is 0.418 e. The van der Waals surface area contributed by atoms with E-state index in [4.69, 9.17) is 34.3 Å². The van der Waals surface area contributed by atoms with E-state index in [1.807, 2.05) is 24.0 Å². The van der Waals surface area contributed by atoms with Crippen molar-refractivity contribution < 1.29 is 37.1 Å². The zero-order chi connectivity index (χ0) is 39.8. The van der Waals surface area contributed by atoms with Gasteiger partial charge in [-0.15, -0.1) is 0 Å². The van der Waals surface area contributed by atoms with Crippen LogP contribution in [0.2, 0.25) is 5.02 Å². The van der Waals surface area contributed by atoms with Crippen molar-refractivity contribution in [3.63, 3.8) is 0 Å². The number of benzene rings is 3. The Kier molecular flexibility index (Phi) is 11.3. The third-order valence-electron chi connectivity index (χ3n) is 9.91. The van der Waals surface area contributed by atoms with Gasteiger partial charge in [-0.2, -0.15) is 13.2 Å². The van der Waals surface area contributed by atoms with E-state index in [1.165, 1.54) is 6.07 Å². The quantitative estimate of drug-likeness (QED) is 0.107. The number of hydrogen-bond donors (Lipinski definition) is 4. The van der Waals surface area contributed by atoms with Crippen molar-refractivity contribution in [1.82, 2.24) is 10.2 Å². The molecule has 3 saturated heterocycles. The number of rotatable bonds is 10. The standard InChI is InChI=1S/C38H41ClF3N7O5S/c1-4-21-15-26(49-36(55)48(35(53)37(49,2)3)25-5-7-29(43)28(19-25)38(40,41)42)6-9-31(21)54-27-11-13-47(14-12-27)20-33(51)45-24-17-22(39)16-23(18-24)44-30-8-10-32(50)46-34(30)52/h5-7,9,15-19,27,30,44H,4,8,10-14,20,43H2,1-3H3,(H,45,51)(H,46,50,52). The average molecular weight is 800 g/mol. The second kappa shape index (κ2) is 15.7. The second-order valence-electron chi connectivity index (χ2n) is 14.3. The summed E-state index contributed by atoms with van der Waals surface area (Å²) >= 11 is 12.0. The number of halogens is 4. The minimum atomic E-state index is -4.71. The molecule has 0 radical (unpaired) electrons. The summed E-state index contributed by atoms with van der Waals surface area (Å²) in [6, 6.07) is 13.1. The molecule has 1 atom stereocenters. The molecule has 0 saturated carbocycles. The molecule has 3 aromatic rings. The zero-order valence-electron chi connectivity index (χ0n) is 30.4. The van der Waals surface area contributed by atoms with Gasteiger partial charge >= 0.3 is 6.18 Å². The topological polar surface area (TPSA) is 149 Å². The van der Waals surface area contributed by atoms with Crippen LogP contribution < -0.4 is 36.2 Å². The molecule has 1 unspecified atom stereocenters. The molecule has 3 heterocycles. The lowest BCUT2D eigenvalue weighted by atomic mass is 10.0. The fraction of sp³-hybridized carbons (Fsp3) is 0.395. The molecule has 6 rings (SSSR count). The van der Waals surface area contributed by atoms with Crippen LogP contribution in [0.25, 0.3) is 0 Å². The number of piperidine rings is 2. The first kappa shape index (κ1) is 39.8. The van der Waals surface area contributed by atoms with E-state index >= 15 is 0 Å². The highest BCUT2D eigenvalue weighted by molar-refractivity contribution is 7.81. The summed E-state index contributed by atoms with van der Waals surface area (Å²) in [4.78, 5) is 55.1. The Morgan fingerprint density at radius 2 is 1.71 bits per heavy atom. The van der Waals surface area contributed by atoms with Gasteiger partial charge in [0.05, 0.1) is 17.8 Å². The smallest absolute Gasteiger partial charge is 0.418 e. The average Bonchev–Trinajstić information content (AvgIpc) is 3.28. The number of alkyl halides is 3. The largest absolute Gasteiger partial charge is 0.490 e. The number of aryl methyl sites for hydroxylation is 1. The van der Waals surface area contributed by atoms with Gasteiger partial charge in [-0.05, 0) is 112 Å². The van der Waals surface area contributed by atoms with Crippen LogP contribution in [0.15, 0.2) is 54.6 Å². The molecule has 55 heavy (non-hydrogen) atoms. The highest BCUT2D eigenvalue weighted by Gasteiger charge is 2.51. The van der Waals surface area contributed by atoms with Gasteiger partial charge in [-0.1, -0.05) is 18.5 Å². The number of imide groups is 1. The van der Waals surface area contributed by atoms with Crippen molar-refractivity contribution in [2.45, 2.75) is 76.7 Å². The Hall–Kier alpha value is -4.93. The van der Waals surface area contributed by atoms with Crippen LogP contribution in [0.1, 0.15) is 57.6 Å². The van der Waals surface area contributed by atoms with Crippen LogP contribution >= 0.6 is 23.8 Å². The number of carbonyl (C=O) groups is 4. The highest BCUT2D eigenvalue weighted by Crippen LogP contribution is 2.41. The van der Waals surface area contributed by atoms with Crippen molar-refractivity contribution in [3.05, 3.63) is 70.7 Å². The zero-order valence-corrected chi connectivity index (χ0v) is 32.0. The van der Waals surface area contributed by atoms with E-state index in [-0.39, 0.29) is 41.7 Å². The molecule has 3 aliphatic rings. The number of nitrogen functional groups attached to an aromatic ring is 1. The SMILES string of the molecule is CCc1cc(N2C(=S)N(c3ccc(N)c(C(F)(F)F)c3)C(=O)C2(C)C)ccc1OC1CCN(CC(=O)Nc2cc(Cl)cc(NC3CCC(=O)NC3=O)c2)CC1. The van der Waals surface area contributed by atoms with E-state index in [2.05, 4.69) is 16.0 Å². The molecule has 3 aliphatic heterocycles. The van der Waals surface area contributed by atoms with Crippen LogP contribution in [0.5, 0.6) is 5.75 Å². The number of anilines is 5. The molecule has 5 N–H and O–H groups in total. The molecule has 3 fully saturated rings. The summed E-state index contributed by atoms with van der Waals surface area (Å²) in [5.74, 6) is -0.760. The van der Waals surface area contributed by atoms with Gasteiger partial charge in [0.2, 0.25) is 17.7 Å². The van der Waals surface area contributed by atoms with E-state index in [9.17, 15) is 32.3 Å². The van der Waals surface area contributed by atoms with E-state index in [0.29, 0.717) is 66.6 Å². The molecule has 0 bridgehead atoms. The van der Waals surface area contributed by atoms with Crippen molar-refractivity contribution in [3.8, 4) is 5.75 Å². The summed E-state index contributed by atoms with van der Waals surface area (Å²) in [7, 11) is 0. The van der Waals surface area contributed by atoms with E-state index in [0.717, 1.165) is 22.6 Å². The Bertz CT molecular complexity index is 2040. The summed E-state index contributed by atoms with van der Waals surface area (Å²) in [6.07, 6.45) is -2.30. The van der Waals surface area contributed by atoms with Crippen LogP contribution in [0.4, 0.5) is 41.6 Å². The Morgan fingerprint density at radius 3 is 2.38 bits per heavy atom. The summed E-state index contributed by atoms with van der Waals surface area (Å²) in [6.45, 7) is 6.69. The molecule has 3 aromatic carbocycles. The maximum atomic E-state index is 13.7. The monoisotopic (exact) mass is 799 g/mol. The van der Waals surface area contributed by atoms with Gasteiger partial charge in [0.15, 0.2) is 5.11 Å². The Labute approximate surface area is 326 Å². The predicted octanol–water partition coefficient (Wildman–Crippen LogP) is 6.12. The van der Waals surface area contributed by atoms with Crippen LogP contribution in [0, 0.1) is 0 Å². The van der Waals surface area contributed by atoms with Crippen molar-refractivity contribution in [2.75, 3.05) is 45.8 Å². The number of carbonyl (C=O) groups excluding carboxylic acids is 4. The fourth-order valence-corrected chi connectivity index (χ4v) is 7.78. The summed E-state index contributed by atoms with van der Waals surface area (Å²) in [5, 5.41) is 8.67. The number of nitrogens with one attached hydrogen (secondary N) is 3. The number of nitrogens with zero attached hydrogens (tertiary/aromatic N) is 3. The van der Waals surface area contributed by atoms with Gasteiger partial charge in [0, 0.05) is 47.3 Å². The molecule has 17 heteroatoms. The third kappa shape index (κ3) is 8.66. The number of thiocarbonyl (C=S) groups is 1. The number of nitrogens with two attached hydrogens (primary N) is 1. The first-order valence-electron chi connectivity index (χ1n) is 17.8. The Balaban J connectivity index is 1.05.